The van der Waals surface area contributed by atoms with Crippen LogP contribution in [0.25, 0.3) is 0 Å². The summed E-state index contributed by atoms with van der Waals surface area (Å²) in [5.41, 5.74) is 6.44. The number of rotatable bonds is 4. The normalized spacial score (nSPS) is 12.7. The fourth-order valence-corrected chi connectivity index (χ4v) is 1.16. The van der Waals surface area contributed by atoms with E-state index in [2.05, 4.69) is 4.74 Å². The van der Waals surface area contributed by atoms with Gasteiger partial charge in [-0.15, -0.1) is 0 Å². The molecular weight excluding hydrogens is 204 g/mol. The Balaban J connectivity index is 2.98. The molecule has 0 fully saturated rings. The van der Waals surface area contributed by atoms with Gasteiger partial charge in [0.05, 0.1) is 7.11 Å². The predicted molar refractivity (Wildman–Crippen MR) is 52.2 cm³/mol. The first-order chi connectivity index (χ1) is 7.04. The van der Waals surface area contributed by atoms with Gasteiger partial charge in [-0.3, -0.25) is 0 Å². The number of halogens is 2. The molecule has 0 unspecified atom stereocenters. The zero-order chi connectivity index (χ0) is 11.4. The number of hydrogen-bond donors (Lipinski definition) is 1. The molecule has 0 aliphatic rings. The van der Waals surface area contributed by atoms with E-state index in [1.54, 1.807) is 19.1 Å². The van der Waals surface area contributed by atoms with Gasteiger partial charge in [0, 0.05) is 6.04 Å². The van der Waals surface area contributed by atoms with E-state index < -0.39 is 6.61 Å². The Morgan fingerprint density at radius 2 is 1.93 bits per heavy atom. The average Bonchev–Trinajstić information content (AvgIpc) is 2.17. The standard InChI is InChI=1S/C10H13F2NO2/c1-6(13)7-3-4-8(15-10(11)12)9(5-7)14-2/h3-6,10H,13H2,1-2H3/t6-/m1/s1. The van der Waals surface area contributed by atoms with Crippen LogP contribution in [0.5, 0.6) is 11.5 Å². The zero-order valence-electron chi connectivity index (χ0n) is 8.54. The summed E-state index contributed by atoms with van der Waals surface area (Å²) in [5, 5.41) is 0. The van der Waals surface area contributed by atoms with Crippen LogP contribution in [-0.2, 0) is 0 Å². The van der Waals surface area contributed by atoms with Crippen molar-refractivity contribution < 1.29 is 18.3 Å². The quantitative estimate of drug-likeness (QED) is 0.841. The van der Waals surface area contributed by atoms with Crippen LogP contribution in [0, 0.1) is 0 Å². The Bertz CT molecular complexity index is 329. The van der Waals surface area contributed by atoms with Crippen LogP contribution in [0.15, 0.2) is 18.2 Å². The maximum Gasteiger partial charge on any atom is 0.387 e. The average molecular weight is 217 g/mol. The first-order valence-electron chi connectivity index (χ1n) is 4.43. The summed E-state index contributed by atoms with van der Waals surface area (Å²) >= 11 is 0. The maximum atomic E-state index is 12.0. The summed E-state index contributed by atoms with van der Waals surface area (Å²) in [5.74, 6) is 0.266. The number of nitrogens with two attached hydrogens (primary N) is 1. The van der Waals surface area contributed by atoms with Crippen LogP contribution in [-0.4, -0.2) is 13.7 Å². The second-order valence-electron chi connectivity index (χ2n) is 3.08. The third kappa shape index (κ3) is 3.06. The van der Waals surface area contributed by atoms with Gasteiger partial charge in [-0.25, -0.2) is 0 Å². The molecule has 0 saturated carbocycles. The zero-order valence-corrected chi connectivity index (χ0v) is 8.54. The third-order valence-electron chi connectivity index (χ3n) is 1.93. The molecule has 0 radical (unpaired) electrons. The van der Waals surface area contributed by atoms with Gasteiger partial charge in [0.15, 0.2) is 11.5 Å². The highest BCUT2D eigenvalue weighted by atomic mass is 19.3. The highest BCUT2D eigenvalue weighted by Crippen LogP contribution is 2.30. The molecule has 84 valence electrons. The summed E-state index contributed by atoms with van der Waals surface area (Å²) in [6.07, 6.45) is 0. The van der Waals surface area contributed by atoms with E-state index in [-0.39, 0.29) is 17.5 Å². The van der Waals surface area contributed by atoms with Crippen molar-refractivity contribution >= 4 is 0 Å². The molecule has 0 saturated heterocycles. The fourth-order valence-electron chi connectivity index (χ4n) is 1.16. The minimum atomic E-state index is -2.86. The fraction of sp³-hybridized carbons (Fsp3) is 0.400. The molecule has 1 rings (SSSR count). The Morgan fingerprint density at radius 1 is 1.27 bits per heavy atom. The Kier molecular flexibility index (Phi) is 3.85. The van der Waals surface area contributed by atoms with Gasteiger partial charge in [-0.05, 0) is 24.6 Å². The first-order valence-corrected chi connectivity index (χ1v) is 4.43. The van der Waals surface area contributed by atoms with Gasteiger partial charge in [-0.1, -0.05) is 6.07 Å². The summed E-state index contributed by atoms with van der Waals surface area (Å²) in [6.45, 7) is -1.07. The highest BCUT2D eigenvalue weighted by molar-refractivity contribution is 5.43. The van der Waals surface area contributed by atoms with Crippen molar-refractivity contribution in [3.05, 3.63) is 23.8 Å². The summed E-state index contributed by atoms with van der Waals surface area (Å²) in [4.78, 5) is 0. The van der Waals surface area contributed by atoms with Crippen molar-refractivity contribution in [1.82, 2.24) is 0 Å². The van der Waals surface area contributed by atoms with Crippen LogP contribution >= 0.6 is 0 Å². The molecule has 0 spiro atoms. The van der Waals surface area contributed by atoms with Crippen LogP contribution in [0.1, 0.15) is 18.5 Å². The minimum Gasteiger partial charge on any atom is -0.493 e. The van der Waals surface area contributed by atoms with Crippen molar-refractivity contribution in [2.75, 3.05) is 7.11 Å². The number of hydrogen-bond acceptors (Lipinski definition) is 3. The lowest BCUT2D eigenvalue weighted by Crippen LogP contribution is -2.07. The third-order valence-corrected chi connectivity index (χ3v) is 1.93. The van der Waals surface area contributed by atoms with Crippen LogP contribution in [0.4, 0.5) is 8.78 Å². The maximum absolute atomic E-state index is 12.0. The van der Waals surface area contributed by atoms with Crippen molar-refractivity contribution in [3.8, 4) is 11.5 Å². The van der Waals surface area contributed by atoms with Crippen molar-refractivity contribution in [2.45, 2.75) is 19.6 Å². The number of methoxy groups -OCH3 is 1. The van der Waals surface area contributed by atoms with Gasteiger partial charge in [0.25, 0.3) is 0 Å². The predicted octanol–water partition coefficient (Wildman–Crippen LogP) is 2.32. The van der Waals surface area contributed by atoms with Crippen LogP contribution in [0.3, 0.4) is 0 Å². The first kappa shape index (κ1) is 11.7. The molecule has 5 heteroatoms. The molecule has 3 nitrogen and oxygen atoms in total. The molecule has 0 heterocycles. The largest absolute Gasteiger partial charge is 0.493 e. The molecular formula is C10H13F2NO2. The number of benzene rings is 1. The molecule has 0 amide bonds. The van der Waals surface area contributed by atoms with E-state index in [9.17, 15) is 8.78 Å². The molecule has 0 aliphatic carbocycles. The molecule has 1 aromatic rings. The molecule has 1 aromatic carbocycles. The van der Waals surface area contributed by atoms with Crippen LogP contribution < -0.4 is 15.2 Å². The minimum absolute atomic E-state index is 0.0110. The molecule has 0 bridgehead atoms. The molecule has 15 heavy (non-hydrogen) atoms. The lowest BCUT2D eigenvalue weighted by Gasteiger charge is -2.12. The van der Waals surface area contributed by atoms with E-state index in [0.717, 1.165) is 5.56 Å². The van der Waals surface area contributed by atoms with Crippen molar-refractivity contribution in [3.63, 3.8) is 0 Å². The second-order valence-corrected chi connectivity index (χ2v) is 3.08. The topological polar surface area (TPSA) is 44.5 Å². The highest BCUT2D eigenvalue weighted by Gasteiger charge is 2.11. The monoisotopic (exact) mass is 217 g/mol. The summed E-state index contributed by atoms with van der Waals surface area (Å²) in [7, 11) is 1.39. The van der Waals surface area contributed by atoms with E-state index in [0.29, 0.717) is 0 Å². The van der Waals surface area contributed by atoms with Crippen molar-refractivity contribution in [2.24, 2.45) is 5.73 Å². The Morgan fingerprint density at radius 3 is 2.40 bits per heavy atom. The number of ether oxygens (including phenoxy) is 2. The Labute approximate surface area is 86.8 Å². The smallest absolute Gasteiger partial charge is 0.387 e. The van der Waals surface area contributed by atoms with E-state index in [1.165, 1.54) is 13.2 Å². The lowest BCUT2D eigenvalue weighted by molar-refractivity contribution is -0.0512. The van der Waals surface area contributed by atoms with E-state index in [4.69, 9.17) is 10.5 Å². The molecule has 0 aromatic heterocycles. The van der Waals surface area contributed by atoms with Gasteiger partial charge in [0.1, 0.15) is 0 Å². The van der Waals surface area contributed by atoms with Crippen LogP contribution in [0.2, 0.25) is 0 Å². The lowest BCUT2D eigenvalue weighted by atomic mass is 10.1. The molecule has 1 atom stereocenters. The molecule has 2 N–H and O–H groups in total. The Hall–Kier alpha value is -1.36. The van der Waals surface area contributed by atoms with Gasteiger partial charge >= 0.3 is 6.61 Å². The molecule has 0 aliphatic heterocycles. The summed E-state index contributed by atoms with van der Waals surface area (Å²) < 4.78 is 33.2. The van der Waals surface area contributed by atoms with Gasteiger partial charge in [0.2, 0.25) is 0 Å². The van der Waals surface area contributed by atoms with E-state index >= 15 is 0 Å². The number of alkyl halides is 2. The van der Waals surface area contributed by atoms with Gasteiger partial charge in [-0.2, -0.15) is 8.78 Å². The SMILES string of the molecule is COc1cc([C@@H](C)N)ccc1OC(F)F. The van der Waals surface area contributed by atoms with Gasteiger partial charge < -0.3 is 15.2 Å². The van der Waals surface area contributed by atoms with E-state index in [1.807, 2.05) is 0 Å². The van der Waals surface area contributed by atoms with Crippen molar-refractivity contribution in [1.29, 1.82) is 0 Å². The summed E-state index contributed by atoms with van der Waals surface area (Å²) in [6, 6.07) is 4.45. The second kappa shape index (κ2) is 4.93.